The average molecular weight is 240 g/mol. The van der Waals surface area contributed by atoms with Gasteiger partial charge in [0.2, 0.25) is 0 Å². The second kappa shape index (κ2) is 7.65. The number of benzene rings is 1. The van der Waals surface area contributed by atoms with Crippen molar-refractivity contribution in [3.05, 3.63) is 23.8 Å². The average Bonchev–Trinajstić information content (AvgIpc) is 2.38. The van der Waals surface area contributed by atoms with Crippen LogP contribution >= 0.6 is 0 Å². The third kappa shape index (κ3) is 4.42. The highest BCUT2D eigenvalue weighted by molar-refractivity contribution is 5.79. The SMILES string of the molecule is COCCOCOc1cc(OC)ccc1C=O. The van der Waals surface area contributed by atoms with Crippen molar-refractivity contribution in [3.63, 3.8) is 0 Å². The van der Waals surface area contributed by atoms with Crippen LogP contribution in [0.25, 0.3) is 0 Å². The van der Waals surface area contributed by atoms with E-state index in [2.05, 4.69) is 0 Å². The smallest absolute Gasteiger partial charge is 0.189 e. The molecule has 1 aromatic carbocycles. The predicted octanol–water partition coefficient (Wildman–Crippen LogP) is 1.51. The Kier molecular flexibility index (Phi) is 6.06. The normalized spacial score (nSPS) is 10.0. The Morgan fingerprint density at radius 3 is 2.71 bits per heavy atom. The number of hydrogen-bond acceptors (Lipinski definition) is 5. The quantitative estimate of drug-likeness (QED) is 0.391. The molecule has 1 aromatic rings. The Morgan fingerprint density at radius 2 is 2.06 bits per heavy atom. The molecule has 0 fully saturated rings. The van der Waals surface area contributed by atoms with Crippen LogP contribution < -0.4 is 9.47 Å². The minimum atomic E-state index is 0.0668. The molecule has 0 aliphatic heterocycles. The fourth-order valence-corrected chi connectivity index (χ4v) is 1.17. The molecule has 0 spiro atoms. The summed E-state index contributed by atoms with van der Waals surface area (Å²) in [6, 6.07) is 4.97. The molecule has 0 saturated heterocycles. The number of hydrogen-bond donors (Lipinski definition) is 0. The van der Waals surface area contributed by atoms with Crippen molar-refractivity contribution in [1.29, 1.82) is 0 Å². The summed E-state index contributed by atoms with van der Waals surface area (Å²) in [4.78, 5) is 10.8. The van der Waals surface area contributed by atoms with Crippen LogP contribution in [0.5, 0.6) is 11.5 Å². The molecule has 1 rings (SSSR count). The number of aldehydes is 1. The van der Waals surface area contributed by atoms with Gasteiger partial charge in [0, 0.05) is 13.2 Å². The highest BCUT2D eigenvalue weighted by Gasteiger charge is 2.04. The van der Waals surface area contributed by atoms with Gasteiger partial charge < -0.3 is 18.9 Å². The summed E-state index contributed by atoms with van der Waals surface area (Å²) in [7, 11) is 3.14. The first-order chi connectivity index (χ1) is 8.31. The van der Waals surface area contributed by atoms with Gasteiger partial charge in [0.25, 0.3) is 0 Å². The van der Waals surface area contributed by atoms with Crippen LogP contribution in [-0.4, -0.2) is 40.5 Å². The molecule has 0 bridgehead atoms. The predicted molar refractivity (Wildman–Crippen MR) is 61.7 cm³/mol. The van der Waals surface area contributed by atoms with E-state index in [1.165, 1.54) is 0 Å². The van der Waals surface area contributed by atoms with Gasteiger partial charge in [-0.15, -0.1) is 0 Å². The van der Waals surface area contributed by atoms with Crippen LogP contribution in [0.4, 0.5) is 0 Å². The zero-order chi connectivity index (χ0) is 12.5. The molecule has 0 aromatic heterocycles. The minimum absolute atomic E-state index is 0.0668. The van der Waals surface area contributed by atoms with Gasteiger partial charge in [-0.2, -0.15) is 0 Å². The van der Waals surface area contributed by atoms with Crippen molar-refractivity contribution >= 4 is 6.29 Å². The van der Waals surface area contributed by atoms with Crippen LogP contribution in [0.15, 0.2) is 18.2 Å². The van der Waals surface area contributed by atoms with Crippen molar-refractivity contribution in [1.82, 2.24) is 0 Å². The summed E-state index contributed by atoms with van der Waals surface area (Å²) in [5.41, 5.74) is 0.459. The first-order valence-electron chi connectivity index (χ1n) is 5.14. The van der Waals surface area contributed by atoms with Gasteiger partial charge >= 0.3 is 0 Å². The highest BCUT2D eigenvalue weighted by atomic mass is 16.7. The Bertz CT molecular complexity index is 351. The summed E-state index contributed by atoms with van der Waals surface area (Å²) < 4.78 is 20.3. The van der Waals surface area contributed by atoms with E-state index >= 15 is 0 Å². The summed E-state index contributed by atoms with van der Waals surface area (Å²) >= 11 is 0. The molecule has 0 aliphatic rings. The minimum Gasteiger partial charge on any atom is -0.497 e. The molecule has 5 heteroatoms. The molecule has 0 amide bonds. The van der Waals surface area contributed by atoms with Crippen molar-refractivity contribution in [2.75, 3.05) is 34.2 Å². The van der Waals surface area contributed by atoms with Crippen LogP contribution in [0, 0.1) is 0 Å². The molecule has 0 radical (unpaired) electrons. The lowest BCUT2D eigenvalue weighted by Crippen LogP contribution is -2.08. The molecule has 0 N–H and O–H groups in total. The van der Waals surface area contributed by atoms with Gasteiger partial charge in [0.1, 0.15) is 11.5 Å². The second-order valence-electron chi connectivity index (χ2n) is 3.18. The molecule has 0 heterocycles. The maximum Gasteiger partial charge on any atom is 0.189 e. The monoisotopic (exact) mass is 240 g/mol. The van der Waals surface area contributed by atoms with E-state index in [0.29, 0.717) is 30.3 Å². The van der Waals surface area contributed by atoms with Crippen LogP contribution in [0.2, 0.25) is 0 Å². The lowest BCUT2D eigenvalue weighted by molar-refractivity contribution is -0.00873. The van der Waals surface area contributed by atoms with E-state index < -0.39 is 0 Å². The van der Waals surface area contributed by atoms with E-state index in [9.17, 15) is 4.79 Å². The maximum atomic E-state index is 10.8. The van der Waals surface area contributed by atoms with Gasteiger partial charge in [0.05, 0.1) is 25.9 Å². The van der Waals surface area contributed by atoms with E-state index in [1.807, 2.05) is 0 Å². The highest BCUT2D eigenvalue weighted by Crippen LogP contribution is 2.23. The maximum absolute atomic E-state index is 10.8. The number of ether oxygens (including phenoxy) is 4. The van der Waals surface area contributed by atoms with Crippen molar-refractivity contribution in [3.8, 4) is 11.5 Å². The zero-order valence-electron chi connectivity index (χ0n) is 9.97. The molecule has 0 unspecified atom stereocenters. The van der Waals surface area contributed by atoms with Crippen LogP contribution in [0.3, 0.4) is 0 Å². The largest absolute Gasteiger partial charge is 0.497 e. The fourth-order valence-electron chi connectivity index (χ4n) is 1.17. The Balaban J connectivity index is 2.52. The standard InChI is InChI=1S/C12H16O5/c1-14-5-6-16-9-17-12-7-11(15-2)4-3-10(12)8-13/h3-4,7-8H,5-6,9H2,1-2H3. The van der Waals surface area contributed by atoms with Gasteiger partial charge in [0.15, 0.2) is 13.1 Å². The first kappa shape index (κ1) is 13.5. The van der Waals surface area contributed by atoms with Gasteiger partial charge in [-0.1, -0.05) is 0 Å². The van der Waals surface area contributed by atoms with Crippen molar-refractivity contribution in [2.24, 2.45) is 0 Å². The van der Waals surface area contributed by atoms with Gasteiger partial charge in [-0.05, 0) is 12.1 Å². The van der Waals surface area contributed by atoms with Gasteiger partial charge in [-0.25, -0.2) is 0 Å². The third-order valence-electron chi connectivity index (χ3n) is 2.08. The lowest BCUT2D eigenvalue weighted by atomic mass is 10.2. The zero-order valence-corrected chi connectivity index (χ0v) is 9.97. The molecule has 5 nitrogen and oxygen atoms in total. The van der Waals surface area contributed by atoms with Crippen molar-refractivity contribution < 1.29 is 23.7 Å². The number of methoxy groups -OCH3 is 2. The Hall–Kier alpha value is -1.59. The van der Waals surface area contributed by atoms with Crippen molar-refractivity contribution in [2.45, 2.75) is 0 Å². The molecular weight excluding hydrogens is 224 g/mol. The number of carbonyl (C=O) groups excluding carboxylic acids is 1. The first-order valence-corrected chi connectivity index (χ1v) is 5.14. The molecule has 0 saturated carbocycles. The van der Waals surface area contributed by atoms with Crippen LogP contribution in [-0.2, 0) is 9.47 Å². The molecule has 0 atom stereocenters. The lowest BCUT2D eigenvalue weighted by Gasteiger charge is -2.10. The summed E-state index contributed by atoms with van der Waals surface area (Å²) in [6.45, 7) is 1.01. The molecule has 94 valence electrons. The topological polar surface area (TPSA) is 54.0 Å². The molecular formula is C12H16O5. The summed E-state index contributed by atoms with van der Waals surface area (Å²) in [5.74, 6) is 1.07. The van der Waals surface area contributed by atoms with Gasteiger partial charge in [-0.3, -0.25) is 4.79 Å². The number of rotatable bonds is 8. The molecule has 0 aliphatic carbocycles. The Labute approximate surface area is 100 Å². The van der Waals surface area contributed by atoms with E-state index in [0.717, 1.165) is 6.29 Å². The van der Waals surface area contributed by atoms with Crippen LogP contribution in [0.1, 0.15) is 10.4 Å². The summed E-state index contributed by atoms with van der Waals surface area (Å²) in [6.07, 6.45) is 0.726. The summed E-state index contributed by atoms with van der Waals surface area (Å²) in [5, 5.41) is 0. The van der Waals surface area contributed by atoms with E-state index in [-0.39, 0.29) is 6.79 Å². The third-order valence-corrected chi connectivity index (χ3v) is 2.08. The van der Waals surface area contributed by atoms with E-state index in [1.54, 1.807) is 32.4 Å². The Morgan fingerprint density at radius 1 is 1.24 bits per heavy atom. The fraction of sp³-hybridized carbons (Fsp3) is 0.417. The second-order valence-corrected chi connectivity index (χ2v) is 3.18. The molecule has 17 heavy (non-hydrogen) atoms. The number of carbonyl (C=O) groups is 1. The van der Waals surface area contributed by atoms with E-state index in [4.69, 9.17) is 18.9 Å².